The molecule has 0 radical (unpaired) electrons. The van der Waals surface area contributed by atoms with Crippen LogP contribution in [0.1, 0.15) is 17.9 Å². The smallest absolute Gasteiger partial charge is 0.257 e. The standard InChI is InChI=1S/C17H15BrN4O3S/c1-2-7-26-17-21-14-13(16(25)22-17)9(8-12(23)20-14)15(24)19-11-6-4-3-5-10(11)18/h2-6,9H,1,7-8H2,(H,19,24)(H2,20,21,22,23,25)/t9-/m1/s1. The third kappa shape index (κ3) is 3.88. The quantitative estimate of drug-likeness (QED) is 0.381. The van der Waals surface area contributed by atoms with Gasteiger partial charge >= 0.3 is 0 Å². The number of hydrogen-bond donors (Lipinski definition) is 3. The van der Waals surface area contributed by atoms with Gasteiger partial charge in [0.25, 0.3) is 5.56 Å². The zero-order valence-electron chi connectivity index (χ0n) is 13.5. The van der Waals surface area contributed by atoms with Gasteiger partial charge in [-0.3, -0.25) is 14.4 Å². The number of para-hydroxylation sites is 1. The summed E-state index contributed by atoms with van der Waals surface area (Å²) in [5, 5.41) is 5.69. The molecule has 2 amide bonds. The molecule has 0 fully saturated rings. The Kier molecular flexibility index (Phi) is 5.58. The topological polar surface area (TPSA) is 104 Å². The average Bonchev–Trinajstić information content (AvgIpc) is 2.60. The van der Waals surface area contributed by atoms with Crippen LogP contribution in [0.25, 0.3) is 0 Å². The predicted molar refractivity (Wildman–Crippen MR) is 105 cm³/mol. The van der Waals surface area contributed by atoms with Crippen LogP contribution < -0.4 is 16.2 Å². The molecule has 7 nitrogen and oxygen atoms in total. The van der Waals surface area contributed by atoms with Crippen molar-refractivity contribution in [1.29, 1.82) is 0 Å². The van der Waals surface area contributed by atoms with Crippen molar-refractivity contribution in [3.8, 4) is 0 Å². The first-order valence-electron chi connectivity index (χ1n) is 7.72. The molecule has 1 atom stereocenters. The highest BCUT2D eigenvalue weighted by Crippen LogP contribution is 2.31. The number of hydrogen-bond acceptors (Lipinski definition) is 5. The van der Waals surface area contributed by atoms with Crippen LogP contribution in [0.3, 0.4) is 0 Å². The van der Waals surface area contributed by atoms with Gasteiger partial charge in [0.05, 0.1) is 17.2 Å². The van der Waals surface area contributed by atoms with E-state index in [1.165, 1.54) is 11.8 Å². The number of aromatic nitrogens is 2. The minimum Gasteiger partial charge on any atom is -0.325 e. The van der Waals surface area contributed by atoms with Crippen LogP contribution in [0, 0.1) is 0 Å². The third-order valence-corrected chi connectivity index (χ3v) is 5.28. The maximum Gasteiger partial charge on any atom is 0.257 e. The number of fused-ring (bicyclic) bond motifs is 1. The number of H-pyrrole nitrogens is 1. The van der Waals surface area contributed by atoms with Gasteiger partial charge in [-0.1, -0.05) is 30.0 Å². The molecule has 26 heavy (non-hydrogen) atoms. The lowest BCUT2D eigenvalue weighted by atomic mass is 9.92. The summed E-state index contributed by atoms with van der Waals surface area (Å²) in [5.74, 6) is -1.03. The second-order valence-corrected chi connectivity index (χ2v) is 7.37. The molecule has 2 aromatic rings. The molecule has 0 saturated heterocycles. The Balaban J connectivity index is 1.94. The lowest BCUT2D eigenvalue weighted by Crippen LogP contribution is -2.36. The Labute approximate surface area is 161 Å². The van der Waals surface area contributed by atoms with Gasteiger partial charge in [-0.25, -0.2) is 4.98 Å². The first kappa shape index (κ1) is 18.4. The van der Waals surface area contributed by atoms with Crippen LogP contribution in [-0.4, -0.2) is 27.5 Å². The molecule has 1 aromatic heterocycles. The van der Waals surface area contributed by atoms with Crippen molar-refractivity contribution in [3.05, 3.63) is 57.3 Å². The monoisotopic (exact) mass is 434 g/mol. The fourth-order valence-electron chi connectivity index (χ4n) is 2.56. The van der Waals surface area contributed by atoms with Crippen LogP contribution >= 0.6 is 27.7 Å². The van der Waals surface area contributed by atoms with Crippen LogP contribution in [0.2, 0.25) is 0 Å². The molecule has 0 aliphatic carbocycles. The minimum absolute atomic E-state index is 0.118. The van der Waals surface area contributed by atoms with E-state index in [0.717, 1.165) is 0 Å². The molecule has 3 rings (SSSR count). The van der Waals surface area contributed by atoms with E-state index in [4.69, 9.17) is 0 Å². The van der Waals surface area contributed by atoms with Gasteiger partial charge in [-0.05, 0) is 28.1 Å². The van der Waals surface area contributed by atoms with Crippen molar-refractivity contribution < 1.29 is 9.59 Å². The van der Waals surface area contributed by atoms with Gasteiger partial charge in [-0.2, -0.15) is 0 Å². The molecule has 9 heteroatoms. The molecule has 0 unspecified atom stereocenters. The van der Waals surface area contributed by atoms with Gasteiger partial charge in [0.1, 0.15) is 5.82 Å². The number of carbonyl (C=O) groups is 2. The van der Waals surface area contributed by atoms with Gasteiger partial charge in [0.2, 0.25) is 11.8 Å². The number of anilines is 2. The van der Waals surface area contributed by atoms with E-state index in [-0.39, 0.29) is 23.7 Å². The van der Waals surface area contributed by atoms with Crippen molar-refractivity contribution in [3.63, 3.8) is 0 Å². The lowest BCUT2D eigenvalue weighted by Gasteiger charge is -2.23. The number of nitrogens with one attached hydrogen (secondary N) is 3. The molecule has 0 bridgehead atoms. The maximum atomic E-state index is 12.7. The molecule has 3 N–H and O–H groups in total. The summed E-state index contributed by atoms with van der Waals surface area (Å²) in [4.78, 5) is 44.2. The highest BCUT2D eigenvalue weighted by Gasteiger charge is 2.34. The number of amides is 2. The van der Waals surface area contributed by atoms with Crippen molar-refractivity contribution in [2.75, 3.05) is 16.4 Å². The SMILES string of the molecule is C=CCSc1nc2c(c(=O)[nH]1)[C@H](C(=O)Nc1ccccc1Br)CC(=O)N2. The predicted octanol–water partition coefficient (Wildman–Crippen LogP) is 2.88. The average molecular weight is 435 g/mol. The number of nitrogens with zero attached hydrogens (tertiary/aromatic N) is 1. The van der Waals surface area contributed by atoms with Gasteiger partial charge < -0.3 is 15.6 Å². The number of aromatic amines is 1. The van der Waals surface area contributed by atoms with E-state index in [9.17, 15) is 14.4 Å². The second kappa shape index (κ2) is 7.88. The van der Waals surface area contributed by atoms with Crippen molar-refractivity contribution >= 4 is 51.0 Å². The highest BCUT2D eigenvalue weighted by molar-refractivity contribution is 9.10. The van der Waals surface area contributed by atoms with E-state index in [1.807, 2.05) is 6.07 Å². The summed E-state index contributed by atoms with van der Waals surface area (Å²) in [6, 6.07) is 7.11. The summed E-state index contributed by atoms with van der Waals surface area (Å²) in [5.41, 5.74) is 0.290. The largest absolute Gasteiger partial charge is 0.325 e. The van der Waals surface area contributed by atoms with E-state index < -0.39 is 17.4 Å². The second-order valence-electron chi connectivity index (χ2n) is 5.51. The van der Waals surface area contributed by atoms with Crippen LogP contribution in [0.15, 0.2) is 51.3 Å². The Morgan fingerprint density at radius 3 is 2.92 bits per heavy atom. The molecular weight excluding hydrogens is 420 g/mol. The molecule has 2 heterocycles. The van der Waals surface area contributed by atoms with Crippen molar-refractivity contribution in [2.45, 2.75) is 17.5 Å². The van der Waals surface area contributed by atoms with Crippen molar-refractivity contribution in [1.82, 2.24) is 9.97 Å². The number of benzene rings is 1. The molecule has 0 saturated carbocycles. The molecular formula is C17H15BrN4O3S. The van der Waals surface area contributed by atoms with E-state index in [0.29, 0.717) is 21.1 Å². The zero-order valence-corrected chi connectivity index (χ0v) is 15.9. The number of carbonyl (C=O) groups excluding carboxylic acids is 2. The van der Waals surface area contributed by atoms with Crippen LogP contribution in [-0.2, 0) is 9.59 Å². The zero-order chi connectivity index (χ0) is 18.7. The summed E-state index contributed by atoms with van der Waals surface area (Å²) in [6.45, 7) is 3.61. The van der Waals surface area contributed by atoms with Crippen molar-refractivity contribution in [2.24, 2.45) is 0 Å². The summed E-state index contributed by atoms with van der Waals surface area (Å²) in [7, 11) is 0. The first-order chi connectivity index (χ1) is 12.5. The van der Waals surface area contributed by atoms with Crippen LogP contribution in [0.5, 0.6) is 0 Å². The Morgan fingerprint density at radius 1 is 1.42 bits per heavy atom. The lowest BCUT2D eigenvalue weighted by molar-refractivity contribution is -0.123. The molecule has 134 valence electrons. The summed E-state index contributed by atoms with van der Waals surface area (Å²) in [6.07, 6.45) is 1.56. The fraction of sp³-hybridized carbons (Fsp3) is 0.176. The van der Waals surface area contributed by atoms with Gasteiger partial charge in [0.15, 0.2) is 5.16 Å². The Morgan fingerprint density at radius 2 is 2.19 bits per heavy atom. The fourth-order valence-corrected chi connectivity index (χ4v) is 3.54. The van der Waals surface area contributed by atoms with Gasteiger partial charge in [-0.15, -0.1) is 6.58 Å². The minimum atomic E-state index is -0.916. The normalized spacial score (nSPS) is 15.7. The van der Waals surface area contributed by atoms with E-state index in [2.05, 4.69) is 43.1 Å². The first-order valence-corrected chi connectivity index (χ1v) is 9.50. The van der Waals surface area contributed by atoms with Gasteiger partial charge in [0, 0.05) is 16.6 Å². The Bertz CT molecular complexity index is 944. The maximum absolute atomic E-state index is 12.7. The number of halogens is 1. The number of thioether (sulfide) groups is 1. The highest BCUT2D eigenvalue weighted by atomic mass is 79.9. The van der Waals surface area contributed by atoms with E-state index in [1.54, 1.807) is 24.3 Å². The van der Waals surface area contributed by atoms with E-state index >= 15 is 0 Å². The molecule has 0 spiro atoms. The molecule has 1 aromatic carbocycles. The molecule has 1 aliphatic rings. The number of rotatable bonds is 5. The summed E-state index contributed by atoms with van der Waals surface area (Å²) < 4.78 is 0.706. The van der Waals surface area contributed by atoms with Crippen LogP contribution in [0.4, 0.5) is 11.5 Å². The molecule has 1 aliphatic heterocycles. The summed E-state index contributed by atoms with van der Waals surface area (Å²) >= 11 is 4.64. The Hall–Kier alpha value is -2.39. The third-order valence-electron chi connectivity index (χ3n) is 3.72.